The number of sulfone groups is 1. The zero-order chi connectivity index (χ0) is 18.2. The van der Waals surface area contributed by atoms with Gasteiger partial charge in [-0.3, -0.25) is 4.79 Å². The van der Waals surface area contributed by atoms with E-state index < -0.39 is 20.2 Å². The summed E-state index contributed by atoms with van der Waals surface area (Å²) in [5, 5.41) is 0. The lowest BCUT2D eigenvalue weighted by Gasteiger charge is -2.24. The van der Waals surface area contributed by atoms with Crippen LogP contribution in [0, 0.1) is 5.92 Å². The zero-order valence-electron chi connectivity index (χ0n) is 13.5. The van der Waals surface area contributed by atoms with Gasteiger partial charge < -0.3 is 9.80 Å². The molecule has 1 aliphatic heterocycles. The van der Waals surface area contributed by atoms with Gasteiger partial charge in [0.2, 0.25) is 5.91 Å². The van der Waals surface area contributed by atoms with Gasteiger partial charge in [-0.1, -0.05) is 0 Å². The third-order valence-electron chi connectivity index (χ3n) is 4.55. The fourth-order valence-corrected chi connectivity index (χ4v) is 3.72. The highest BCUT2D eigenvalue weighted by Crippen LogP contribution is 2.32. The van der Waals surface area contributed by atoms with Gasteiger partial charge in [0.15, 0.2) is 0 Å². The molecule has 1 saturated carbocycles. The van der Waals surface area contributed by atoms with Gasteiger partial charge in [0.05, 0.1) is 4.90 Å². The summed E-state index contributed by atoms with van der Waals surface area (Å²) in [4.78, 5) is 15.2. The van der Waals surface area contributed by atoms with Gasteiger partial charge in [-0.15, -0.1) is 0 Å². The first-order valence-corrected chi connectivity index (χ1v) is 9.63. The minimum Gasteiger partial charge on any atom is -0.370 e. The Morgan fingerprint density at radius 3 is 2.20 bits per heavy atom. The van der Waals surface area contributed by atoms with Crippen LogP contribution in [0.5, 0.6) is 0 Å². The largest absolute Gasteiger partial charge is 0.501 e. The summed E-state index contributed by atoms with van der Waals surface area (Å²) in [6.07, 6.45) is 2.67. The van der Waals surface area contributed by atoms with E-state index in [1.165, 1.54) is 12.1 Å². The molecule has 1 saturated heterocycles. The van der Waals surface area contributed by atoms with Crippen molar-refractivity contribution in [3.05, 3.63) is 24.3 Å². The number of benzene rings is 1. The number of anilines is 1. The number of carbonyl (C=O) groups is 1. The van der Waals surface area contributed by atoms with Crippen molar-refractivity contribution >= 4 is 21.4 Å². The molecule has 25 heavy (non-hydrogen) atoms. The lowest BCUT2D eigenvalue weighted by atomic mass is 10.2. The van der Waals surface area contributed by atoms with E-state index in [1.807, 2.05) is 9.80 Å². The summed E-state index contributed by atoms with van der Waals surface area (Å²) in [6, 6.07) is 4.74. The van der Waals surface area contributed by atoms with E-state index in [1.54, 1.807) is 0 Å². The Hall–Kier alpha value is -1.77. The van der Waals surface area contributed by atoms with Gasteiger partial charge in [0.1, 0.15) is 0 Å². The van der Waals surface area contributed by atoms with Gasteiger partial charge in [0.25, 0.3) is 9.84 Å². The van der Waals surface area contributed by atoms with Crippen molar-refractivity contribution in [1.29, 1.82) is 0 Å². The topological polar surface area (TPSA) is 57.7 Å². The van der Waals surface area contributed by atoms with E-state index in [0.717, 1.165) is 31.4 Å². The van der Waals surface area contributed by atoms with Crippen molar-refractivity contribution in [2.24, 2.45) is 5.92 Å². The summed E-state index contributed by atoms with van der Waals surface area (Å²) < 4.78 is 60.5. The number of carbonyl (C=O) groups excluding carboxylic acids is 1. The van der Waals surface area contributed by atoms with Crippen LogP contribution in [0.15, 0.2) is 29.2 Å². The van der Waals surface area contributed by atoms with Crippen LogP contribution < -0.4 is 4.90 Å². The Labute approximate surface area is 144 Å². The summed E-state index contributed by atoms with van der Waals surface area (Å²) in [7, 11) is -5.33. The summed E-state index contributed by atoms with van der Waals surface area (Å²) in [6.45, 7) is 2.48. The van der Waals surface area contributed by atoms with E-state index in [2.05, 4.69) is 0 Å². The van der Waals surface area contributed by atoms with E-state index >= 15 is 0 Å². The van der Waals surface area contributed by atoms with Gasteiger partial charge in [-0.05, 0) is 43.5 Å². The van der Waals surface area contributed by atoms with Crippen molar-refractivity contribution < 1.29 is 26.4 Å². The van der Waals surface area contributed by atoms with Crippen LogP contribution in [0.1, 0.15) is 19.3 Å². The fourth-order valence-electron chi connectivity index (χ4n) is 2.95. The van der Waals surface area contributed by atoms with Gasteiger partial charge in [-0.2, -0.15) is 13.2 Å². The van der Waals surface area contributed by atoms with Crippen LogP contribution >= 0.6 is 0 Å². The molecule has 1 aromatic carbocycles. The quantitative estimate of drug-likeness (QED) is 0.813. The maximum absolute atomic E-state index is 12.6. The molecule has 1 amide bonds. The lowest BCUT2D eigenvalue weighted by Crippen LogP contribution is -2.36. The van der Waals surface area contributed by atoms with Crippen LogP contribution in [-0.2, 0) is 14.6 Å². The SMILES string of the molecule is O=C(C1CC1)N1CCCN(c2ccc(S(=O)(=O)C(F)(F)F)cc2)CC1. The fraction of sp³-hybridized carbons (Fsp3) is 0.562. The van der Waals surface area contributed by atoms with E-state index in [9.17, 15) is 26.4 Å². The Kier molecular flexibility index (Phi) is 4.70. The van der Waals surface area contributed by atoms with Gasteiger partial charge in [0, 0.05) is 37.8 Å². The Morgan fingerprint density at radius 1 is 1.00 bits per heavy atom. The van der Waals surface area contributed by atoms with Crippen molar-refractivity contribution in [1.82, 2.24) is 4.90 Å². The number of amides is 1. The number of nitrogens with zero attached hydrogens (tertiary/aromatic N) is 2. The molecular formula is C16H19F3N2O3S. The molecule has 1 aromatic rings. The summed E-state index contributed by atoms with van der Waals surface area (Å²) in [5.41, 5.74) is -4.65. The van der Waals surface area contributed by atoms with Crippen LogP contribution in [0.2, 0.25) is 0 Å². The number of rotatable bonds is 3. The molecule has 0 bridgehead atoms. The molecular weight excluding hydrogens is 357 g/mol. The molecule has 0 spiro atoms. The standard InChI is InChI=1S/C16H19F3N2O3S/c17-16(18,19)25(23,24)14-6-4-13(5-7-14)20-8-1-9-21(11-10-20)15(22)12-2-3-12/h4-7,12H,1-3,8-11H2. The Balaban J connectivity index is 1.69. The number of alkyl halides is 3. The molecule has 0 aromatic heterocycles. The highest BCUT2D eigenvalue weighted by molar-refractivity contribution is 7.92. The second-order valence-corrected chi connectivity index (χ2v) is 8.32. The van der Waals surface area contributed by atoms with Crippen molar-refractivity contribution in [3.8, 4) is 0 Å². The first-order chi connectivity index (χ1) is 11.7. The van der Waals surface area contributed by atoms with Crippen LogP contribution in [0.3, 0.4) is 0 Å². The second kappa shape index (κ2) is 6.51. The van der Waals surface area contributed by atoms with Crippen molar-refractivity contribution in [2.45, 2.75) is 29.7 Å². The van der Waals surface area contributed by atoms with Crippen molar-refractivity contribution in [3.63, 3.8) is 0 Å². The van der Waals surface area contributed by atoms with Crippen molar-refractivity contribution in [2.75, 3.05) is 31.1 Å². The third kappa shape index (κ3) is 3.75. The molecule has 2 aliphatic rings. The Morgan fingerprint density at radius 2 is 1.64 bits per heavy atom. The summed E-state index contributed by atoms with van der Waals surface area (Å²) in [5.74, 6) is 0.354. The minimum atomic E-state index is -5.33. The molecule has 9 heteroatoms. The summed E-state index contributed by atoms with van der Waals surface area (Å²) >= 11 is 0. The lowest BCUT2D eigenvalue weighted by molar-refractivity contribution is -0.132. The molecule has 1 heterocycles. The number of halogens is 3. The van der Waals surface area contributed by atoms with Crippen LogP contribution in [0.4, 0.5) is 18.9 Å². The van der Waals surface area contributed by atoms with E-state index in [0.29, 0.717) is 31.9 Å². The highest BCUT2D eigenvalue weighted by atomic mass is 32.2. The smallest absolute Gasteiger partial charge is 0.370 e. The zero-order valence-corrected chi connectivity index (χ0v) is 14.3. The van der Waals surface area contributed by atoms with Gasteiger partial charge >= 0.3 is 5.51 Å². The average molecular weight is 376 g/mol. The maximum atomic E-state index is 12.6. The molecule has 0 unspecified atom stereocenters. The van der Waals surface area contributed by atoms with Crippen LogP contribution in [-0.4, -0.2) is 50.9 Å². The number of hydrogen-bond donors (Lipinski definition) is 0. The first-order valence-electron chi connectivity index (χ1n) is 8.15. The molecule has 5 nitrogen and oxygen atoms in total. The Bertz CT molecular complexity index is 743. The third-order valence-corrected chi connectivity index (χ3v) is 6.05. The van der Waals surface area contributed by atoms with Gasteiger partial charge in [-0.25, -0.2) is 8.42 Å². The predicted octanol–water partition coefficient (Wildman–Crippen LogP) is 2.43. The average Bonchev–Trinajstić information content (AvgIpc) is 3.40. The minimum absolute atomic E-state index is 0.165. The molecule has 0 radical (unpaired) electrons. The maximum Gasteiger partial charge on any atom is 0.501 e. The molecule has 2 fully saturated rings. The molecule has 0 N–H and O–H groups in total. The molecule has 0 atom stereocenters. The molecule has 3 rings (SSSR count). The first kappa shape index (κ1) is 18.0. The van der Waals surface area contributed by atoms with E-state index in [-0.39, 0.29) is 11.8 Å². The monoisotopic (exact) mass is 376 g/mol. The van der Waals surface area contributed by atoms with E-state index in [4.69, 9.17) is 0 Å². The van der Waals surface area contributed by atoms with Crippen LogP contribution in [0.25, 0.3) is 0 Å². The predicted molar refractivity (Wildman–Crippen MR) is 85.8 cm³/mol. The molecule has 1 aliphatic carbocycles. The normalized spacial score (nSPS) is 19.6. The highest BCUT2D eigenvalue weighted by Gasteiger charge is 2.46. The second-order valence-electron chi connectivity index (χ2n) is 6.38. The number of hydrogen-bond acceptors (Lipinski definition) is 4. The molecule has 138 valence electrons.